The maximum atomic E-state index is 14.8. The number of aromatic hydroxyl groups is 2. The summed E-state index contributed by atoms with van der Waals surface area (Å²) in [6.45, 7) is 11.9. The zero-order valence-corrected chi connectivity index (χ0v) is 46.1. The van der Waals surface area contributed by atoms with Gasteiger partial charge in [-0.2, -0.15) is 0 Å². The van der Waals surface area contributed by atoms with Crippen molar-refractivity contribution in [1.82, 2.24) is 31.5 Å². The van der Waals surface area contributed by atoms with Gasteiger partial charge in [0.05, 0.1) is 24.1 Å². The van der Waals surface area contributed by atoms with Crippen molar-refractivity contribution in [2.75, 3.05) is 20.1 Å². The Morgan fingerprint density at radius 2 is 1.53 bits per heavy atom. The van der Waals surface area contributed by atoms with Crippen LogP contribution >= 0.6 is 0 Å². The molecule has 9 N–H and O–H groups in total. The Hall–Kier alpha value is -6.76. The van der Waals surface area contributed by atoms with E-state index in [0.717, 1.165) is 49.7 Å². The molecule has 4 aliphatic rings. The summed E-state index contributed by atoms with van der Waals surface area (Å²) in [5, 5.41) is 36.9. The van der Waals surface area contributed by atoms with Crippen molar-refractivity contribution < 1.29 is 48.3 Å². The van der Waals surface area contributed by atoms with E-state index in [1.165, 1.54) is 48.7 Å². The zero-order valence-electron chi connectivity index (χ0n) is 46.1. The number of hydrogen-bond acceptors (Lipinski definition) is 11. The number of carbonyl (C=O) groups is 6. The van der Waals surface area contributed by atoms with Gasteiger partial charge in [-0.1, -0.05) is 82.6 Å². The van der Waals surface area contributed by atoms with Gasteiger partial charge in [-0.25, -0.2) is 0 Å². The molecular weight excluding hydrogens is 990 g/mol. The van der Waals surface area contributed by atoms with E-state index in [-0.39, 0.29) is 71.1 Å². The normalized spacial score (nSPS) is 23.6. The lowest BCUT2D eigenvalue weighted by molar-refractivity contribution is -0.143. The van der Waals surface area contributed by atoms with Gasteiger partial charge >= 0.3 is 7.12 Å². The number of hydrogen-bond donors (Lipinski definition) is 8. The molecule has 0 radical (unpaired) electrons. The molecule has 416 valence electrons. The summed E-state index contributed by atoms with van der Waals surface area (Å²) >= 11 is 0. The van der Waals surface area contributed by atoms with E-state index in [1.54, 1.807) is 38.1 Å². The number of amides is 6. The number of nitrogens with one attached hydrogen (secondary N) is 5. The largest absolute Gasteiger partial charge is 0.507 e. The second-order valence-corrected chi connectivity index (χ2v) is 22.9. The molecule has 2 unspecified atom stereocenters. The number of nitrogens with two attached hydrogens (primary N) is 1. The molecule has 78 heavy (non-hydrogen) atoms. The van der Waals surface area contributed by atoms with Gasteiger partial charge in [0.2, 0.25) is 29.5 Å². The number of benzene rings is 4. The standard InChI is InChI=1S/C60H78BN7O10/c1-8-9-12-37-14-17-40(18-15-37)41-19-21-42(22-20-41)56(73)63-33-34(2)54(71)66-47(13-10-11-26-62)59(76)68(7)52-43-23-25-50(70)45(31-43)44-27-38(16-24-49(44)69)29-48(67-55(72)35(3)64-58(52)75)57(74)65-36(4)61-77-51-30-39-28-46(53(51)78-61)60(5,6)32-39/h14-25,27,31,34-36,39,46-48,51-53,69-70H,8-13,26,28-30,32-33,62H2,1-7H3,(H,63,73)(H,64,75)(H,65,74)(H,66,71)(H,67,72)/t34-,35+,36+,39+,46-,47+,48+,51?,52+,53?/m1/s1. The highest BCUT2D eigenvalue weighted by molar-refractivity contribution is 6.47. The van der Waals surface area contributed by atoms with Crippen LogP contribution in [0.15, 0.2) is 84.9 Å². The summed E-state index contributed by atoms with van der Waals surface area (Å²) in [5.74, 6) is -4.42. The van der Waals surface area contributed by atoms with Crippen molar-refractivity contribution in [3.8, 4) is 33.8 Å². The van der Waals surface area contributed by atoms with Crippen molar-refractivity contribution in [2.24, 2.45) is 28.9 Å². The first kappa shape index (κ1) is 57.4. The monoisotopic (exact) mass is 1070 g/mol. The van der Waals surface area contributed by atoms with E-state index in [1.807, 2.05) is 12.1 Å². The topological polar surface area (TPSA) is 251 Å². The Labute approximate surface area is 458 Å². The van der Waals surface area contributed by atoms with Crippen LogP contribution in [0.5, 0.6) is 11.5 Å². The third-order valence-corrected chi connectivity index (χ3v) is 16.4. The van der Waals surface area contributed by atoms with E-state index < -0.39 is 72.7 Å². The van der Waals surface area contributed by atoms with Crippen LogP contribution in [0.1, 0.15) is 126 Å². The second-order valence-electron chi connectivity index (χ2n) is 22.9. The average molecular weight is 1070 g/mol. The maximum Gasteiger partial charge on any atom is 0.481 e. The molecule has 2 saturated carbocycles. The minimum absolute atomic E-state index is 0.0285. The number of aryl methyl sites for hydroxylation is 1. The van der Waals surface area contributed by atoms with Crippen LogP contribution in [-0.4, -0.2) is 114 Å². The van der Waals surface area contributed by atoms with Crippen LogP contribution in [-0.2, 0) is 46.1 Å². The molecule has 6 amide bonds. The minimum Gasteiger partial charge on any atom is -0.507 e. The van der Waals surface area contributed by atoms with Crippen molar-refractivity contribution in [3.05, 3.63) is 107 Å². The van der Waals surface area contributed by atoms with E-state index in [9.17, 15) is 39.0 Å². The predicted octanol–water partition coefficient (Wildman–Crippen LogP) is 6.27. The summed E-state index contributed by atoms with van der Waals surface area (Å²) in [4.78, 5) is 86.3. The van der Waals surface area contributed by atoms with Crippen LogP contribution < -0.4 is 32.3 Å². The number of phenolic OH excluding ortho intramolecular Hbond substituents is 2. The van der Waals surface area contributed by atoms with Crippen molar-refractivity contribution in [3.63, 3.8) is 0 Å². The molecule has 3 fully saturated rings. The highest BCUT2D eigenvalue weighted by atomic mass is 16.7. The third-order valence-electron chi connectivity index (χ3n) is 16.4. The third kappa shape index (κ3) is 13.2. The molecule has 2 aliphatic heterocycles. The molecule has 8 rings (SSSR count). The van der Waals surface area contributed by atoms with Crippen molar-refractivity contribution >= 4 is 42.6 Å². The number of unbranched alkanes of at least 4 members (excludes halogenated alkanes) is 2. The molecular formula is C60H78BN7O10. The molecule has 2 aliphatic carbocycles. The van der Waals surface area contributed by atoms with Gasteiger partial charge in [-0.3, -0.25) is 28.8 Å². The van der Waals surface area contributed by atoms with E-state index in [0.29, 0.717) is 42.3 Å². The fraction of sp³-hybridized carbons (Fsp3) is 0.500. The van der Waals surface area contributed by atoms with Crippen LogP contribution in [0.4, 0.5) is 0 Å². The summed E-state index contributed by atoms with van der Waals surface area (Å²) in [6.07, 6.45) is 7.37. The lowest BCUT2D eigenvalue weighted by atomic mass is 9.76. The molecule has 0 spiro atoms. The number of phenols is 2. The summed E-state index contributed by atoms with van der Waals surface area (Å²) in [5.41, 5.74) is 10.7. The fourth-order valence-corrected chi connectivity index (χ4v) is 11.9. The number of nitrogens with zero attached hydrogens (tertiary/aromatic N) is 1. The van der Waals surface area contributed by atoms with Gasteiger partial charge in [0, 0.05) is 36.7 Å². The molecule has 1 saturated heterocycles. The van der Waals surface area contributed by atoms with E-state index >= 15 is 0 Å². The van der Waals surface area contributed by atoms with Crippen LogP contribution in [0.2, 0.25) is 0 Å². The first-order valence-electron chi connectivity index (χ1n) is 27.9. The van der Waals surface area contributed by atoms with E-state index in [2.05, 4.69) is 71.6 Å². The molecule has 6 bridgehead atoms. The van der Waals surface area contributed by atoms with Gasteiger partial charge < -0.3 is 56.7 Å². The molecule has 18 heteroatoms. The minimum atomic E-state index is -1.45. The number of fused-ring (bicyclic) bond motifs is 9. The van der Waals surface area contributed by atoms with Gasteiger partial charge in [-0.15, -0.1) is 0 Å². The Balaban J connectivity index is 0.968. The van der Waals surface area contributed by atoms with Gasteiger partial charge in [0.25, 0.3) is 5.91 Å². The molecule has 17 nitrogen and oxygen atoms in total. The summed E-state index contributed by atoms with van der Waals surface area (Å²) < 4.78 is 13.0. The van der Waals surface area contributed by atoms with Crippen LogP contribution in [0.25, 0.3) is 22.3 Å². The molecule has 4 aromatic carbocycles. The van der Waals surface area contributed by atoms with E-state index in [4.69, 9.17) is 15.0 Å². The average Bonchev–Trinajstić information content (AvgIpc) is 4.03. The zero-order chi connectivity index (χ0) is 56.0. The fourth-order valence-electron chi connectivity index (χ4n) is 11.9. The smallest absolute Gasteiger partial charge is 0.481 e. The Morgan fingerprint density at radius 1 is 0.846 bits per heavy atom. The number of rotatable bonds is 18. The highest BCUT2D eigenvalue weighted by Crippen LogP contribution is 2.56. The van der Waals surface area contributed by atoms with Crippen LogP contribution in [0.3, 0.4) is 0 Å². The summed E-state index contributed by atoms with van der Waals surface area (Å²) in [6, 6.07) is 19.6. The predicted molar refractivity (Wildman–Crippen MR) is 298 cm³/mol. The lowest BCUT2D eigenvalue weighted by Crippen LogP contribution is -2.57. The molecule has 10 atom stereocenters. The van der Waals surface area contributed by atoms with Crippen molar-refractivity contribution in [2.45, 2.75) is 148 Å². The SMILES string of the molecule is CCCCc1ccc(-c2ccc(C(=O)NC[C@@H](C)C(=O)N[C@@H](CCCCN)C(=O)N(C)[C@@H]3C(=O)N[C@@H](C)C(=O)N[C@H](C(=O)N[C@@H](C)B4OC5C[C@@H]6C[C@H](C5O4)C(C)(C)C6)Cc4ccc(O)c(c4)-c4cc3ccc4O)cc2)cc1. The second kappa shape index (κ2) is 24.9. The number of carbonyl (C=O) groups excluding carboxylic acids is 6. The highest BCUT2D eigenvalue weighted by Gasteiger charge is 2.57. The quantitative estimate of drug-likeness (QED) is 0.0407. The van der Waals surface area contributed by atoms with Crippen molar-refractivity contribution in [1.29, 1.82) is 0 Å². The molecule has 2 heterocycles. The maximum absolute atomic E-state index is 14.8. The summed E-state index contributed by atoms with van der Waals surface area (Å²) in [7, 11) is 0.701. The Morgan fingerprint density at radius 3 is 2.22 bits per heavy atom. The first-order chi connectivity index (χ1) is 37.2. The molecule has 4 aromatic rings. The Bertz CT molecular complexity index is 2830. The van der Waals surface area contributed by atoms with Crippen LogP contribution in [0, 0.1) is 23.2 Å². The lowest BCUT2D eigenvalue weighted by Gasteiger charge is -2.35. The van der Waals surface area contributed by atoms with Gasteiger partial charge in [0.15, 0.2) is 0 Å². The van der Waals surface area contributed by atoms with Gasteiger partial charge in [-0.05, 0) is 153 Å². The number of likely N-dealkylation sites (N-methyl/N-ethyl adjacent to an activating group) is 1. The first-order valence-corrected chi connectivity index (χ1v) is 27.9. The van der Waals surface area contributed by atoms with Gasteiger partial charge in [0.1, 0.15) is 35.7 Å². The molecule has 0 aromatic heterocycles. The Kier molecular flexibility index (Phi) is 18.3.